The van der Waals surface area contributed by atoms with Crippen molar-refractivity contribution in [3.63, 3.8) is 0 Å². The van der Waals surface area contributed by atoms with E-state index >= 15 is 0 Å². The fourth-order valence-corrected chi connectivity index (χ4v) is 3.25. The Labute approximate surface area is 155 Å². The molecule has 7 atom stereocenters. The molecule has 25 heavy (non-hydrogen) atoms. The molecule has 0 amide bonds. The summed E-state index contributed by atoms with van der Waals surface area (Å²) in [5.41, 5.74) is 0. The van der Waals surface area contributed by atoms with Gasteiger partial charge in [-0.05, 0) is 25.7 Å². The standard InChI is InChI=1S/C12H25B2O9PS/c1-7(17)12(18)11(20-6-13)5-21-24(19,25)23-10(4-16)9(3-15)22-8(2)14/h7-12,15-18H,3-6H2,1-2H3,(H,19,25)/t7?,8?,9-,10?,11-,12?,24?/m1/s1. The van der Waals surface area contributed by atoms with Crippen LogP contribution in [0.15, 0.2) is 0 Å². The highest BCUT2D eigenvalue weighted by molar-refractivity contribution is 8.07. The molecular formula is C12H25B2O9PS. The molecule has 5 N–H and O–H groups in total. The van der Waals surface area contributed by atoms with Crippen molar-refractivity contribution in [2.45, 2.75) is 50.4 Å². The third kappa shape index (κ3) is 10.4. The Kier molecular flexibility index (Phi) is 13.0. The quantitative estimate of drug-likeness (QED) is 0.161. The molecule has 0 aliphatic carbocycles. The predicted molar refractivity (Wildman–Crippen MR) is 94.8 cm³/mol. The summed E-state index contributed by atoms with van der Waals surface area (Å²) in [4.78, 5) is 10.1. The molecule has 0 aliphatic heterocycles. The van der Waals surface area contributed by atoms with Crippen LogP contribution in [0.4, 0.5) is 0 Å². The lowest BCUT2D eigenvalue weighted by Gasteiger charge is -2.30. The van der Waals surface area contributed by atoms with Crippen molar-refractivity contribution in [1.29, 1.82) is 0 Å². The Hall–Kier alpha value is 0.420. The minimum Gasteiger partial charge on any atom is -0.394 e. The van der Waals surface area contributed by atoms with Crippen LogP contribution in [-0.2, 0) is 30.3 Å². The minimum atomic E-state index is -3.90. The lowest BCUT2D eigenvalue weighted by molar-refractivity contribution is -0.0975. The van der Waals surface area contributed by atoms with Gasteiger partial charge in [-0.15, -0.1) is 0 Å². The molecule has 144 valence electrons. The maximum absolute atomic E-state index is 10.1. The van der Waals surface area contributed by atoms with Crippen LogP contribution in [0, 0.1) is 0 Å². The molecule has 0 aliphatic rings. The van der Waals surface area contributed by atoms with Crippen LogP contribution in [0.3, 0.4) is 0 Å². The van der Waals surface area contributed by atoms with Gasteiger partial charge in [0.1, 0.15) is 40.1 Å². The smallest absolute Gasteiger partial charge is 0.325 e. The largest absolute Gasteiger partial charge is 0.394 e. The van der Waals surface area contributed by atoms with E-state index in [-0.39, 0.29) is 6.51 Å². The lowest BCUT2D eigenvalue weighted by Crippen LogP contribution is -2.41. The maximum atomic E-state index is 10.1. The fraction of sp³-hybridized carbons (Fsp3) is 1.00. The van der Waals surface area contributed by atoms with Gasteiger partial charge >= 0.3 is 6.72 Å². The molecule has 0 saturated heterocycles. The summed E-state index contributed by atoms with van der Waals surface area (Å²) in [7, 11) is 10.7. The topological polar surface area (TPSA) is 138 Å². The number of ether oxygens (including phenoxy) is 2. The van der Waals surface area contributed by atoms with E-state index in [4.69, 9.17) is 46.0 Å². The second kappa shape index (κ2) is 12.7. The van der Waals surface area contributed by atoms with Crippen LogP contribution in [-0.4, -0.2) is 104 Å². The number of aliphatic hydroxyl groups excluding tert-OH is 4. The van der Waals surface area contributed by atoms with Gasteiger partial charge in [0.15, 0.2) is 0 Å². The molecular weight excluding hydrogens is 373 g/mol. The van der Waals surface area contributed by atoms with Gasteiger partial charge < -0.3 is 43.8 Å². The Bertz CT molecular complexity index is 405. The van der Waals surface area contributed by atoms with Gasteiger partial charge in [0.2, 0.25) is 0 Å². The molecule has 0 aromatic heterocycles. The van der Waals surface area contributed by atoms with Crippen molar-refractivity contribution in [3.8, 4) is 0 Å². The van der Waals surface area contributed by atoms with Crippen LogP contribution in [0.5, 0.6) is 0 Å². The highest BCUT2D eigenvalue weighted by Gasteiger charge is 2.32. The van der Waals surface area contributed by atoms with E-state index < -0.39 is 63.1 Å². The first kappa shape index (κ1) is 25.4. The number of hydrogen-bond acceptors (Lipinski definition) is 9. The van der Waals surface area contributed by atoms with E-state index in [1.807, 2.05) is 0 Å². The average molecular weight is 398 g/mol. The first-order valence-corrected chi connectivity index (χ1v) is 10.1. The van der Waals surface area contributed by atoms with Gasteiger partial charge in [-0.2, -0.15) is 0 Å². The monoisotopic (exact) mass is 398 g/mol. The normalized spacial score (nSPS) is 21.7. The van der Waals surface area contributed by atoms with E-state index in [1.165, 1.54) is 13.8 Å². The minimum absolute atomic E-state index is 0.263. The van der Waals surface area contributed by atoms with Crippen LogP contribution in [0.2, 0.25) is 0 Å². The third-order valence-electron chi connectivity index (χ3n) is 3.02. The lowest BCUT2D eigenvalue weighted by atomic mass is 10.0. The first-order valence-electron chi connectivity index (χ1n) is 7.54. The number of aliphatic hydroxyl groups is 4. The number of rotatable bonds is 14. The SMILES string of the molecule is [B]CO[C@H](COP(O)(=S)OC(CO)[C@@H](CO)OC([B])C)C(O)C(C)O. The summed E-state index contributed by atoms with van der Waals surface area (Å²) in [6, 6.07) is -0.754. The Morgan fingerprint density at radius 3 is 2.04 bits per heavy atom. The molecule has 0 aromatic carbocycles. The molecule has 0 spiro atoms. The van der Waals surface area contributed by atoms with E-state index in [9.17, 15) is 25.3 Å². The maximum Gasteiger partial charge on any atom is 0.325 e. The summed E-state index contributed by atoms with van der Waals surface area (Å²) >= 11 is 4.83. The van der Waals surface area contributed by atoms with Crippen LogP contribution >= 0.6 is 6.72 Å². The highest BCUT2D eigenvalue weighted by atomic mass is 32.5. The van der Waals surface area contributed by atoms with E-state index in [1.54, 1.807) is 0 Å². The zero-order valence-electron chi connectivity index (χ0n) is 14.2. The zero-order chi connectivity index (χ0) is 19.6. The molecule has 0 saturated carbocycles. The van der Waals surface area contributed by atoms with Crippen molar-refractivity contribution in [3.05, 3.63) is 0 Å². The summed E-state index contributed by atoms with van der Waals surface area (Å²) in [5.74, 6) is 0. The molecule has 0 rings (SSSR count). The van der Waals surface area contributed by atoms with Gasteiger partial charge in [-0.25, -0.2) is 0 Å². The van der Waals surface area contributed by atoms with E-state index in [2.05, 4.69) is 0 Å². The third-order valence-corrected chi connectivity index (χ3v) is 4.61. The van der Waals surface area contributed by atoms with Gasteiger partial charge in [0, 0.05) is 12.5 Å². The summed E-state index contributed by atoms with van der Waals surface area (Å²) in [5, 5.41) is 37.8. The van der Waals surface area contributed by atoms with Crippen molar-refractivity contribution in [2.24, 2.45) is 0 Å². The summed E-state index contributed by atoms with van der Waals surface area (Å²) in [6.45, 7) is -2.90. The van der Waals surface area contributed by atoms with E-state index in [0.717, 1.165) is 0 Å². The van der Waals surface area contributed by atoms with Crippen LogP contribution in [0.1, 0.15) is 13.8 Å². The second-order valence-corrected chi connectivity index (χ2v) is 8.05. The van der Waals surface area contributed by atoms with Gasteiger partial charge in [0.05, 0.1) is 25.9 Å². The molecule has 0 aromatic rings. The molecule has 4 radical (unpaired) electrons. The van der Waals surface area contributed by atoms with Gasteiger partial charge in [-0.1, -0.05) is 0 Å². The Morgan fingerprint density at radius 2 is 1.64 bits per heavy atom. The van der Waals surface area contributed by atoms with Crippen molar-refractivity contribution in [2.75, 3.05) is 26.3 Å². The van der Waals surface area contributed by atoms with Crippen molar-refractivity contribution < 1.29 is 43.8 Å². The average Bonchev–Trinajstić information content (AvgIpc) is 2.53. The van der Waals surface area contributed by atoms with Crippen LogP contribution in [0.25, 0.3) is 0 Å². The molecule has 0 heterocycles. The van der Waals surface area contributed by atoms with Gasteiger partial charge in [-0.3, -0.25) is 0 Å². The Morgan fingerprint density at radius 1 is 1.08 bits per heavy atom. The molecule has 0 fully saturated rings. The molecule has 0 bridgehead atoms. The highest BCUT2D eigenvalue weighted by Crippen LogP contribution is 2.46. The van der Waals surface area contributed by atoms with Crippen molar-refractivity contribution in [1.82, 2.24) is 0 Å². The van der Waals surface area contributed by atoms with E-state index in [0.29, 0.717) is 0 Å². The second-order valence-electron chi connectivity index (χ2n) is 5.26. The summed E-state index contributed by atoms with van der Waals surface area (Å²) < 4.78 is 20.4. The summed E-state index contributed by atoms with van der Waals surface area (Å²) in [6.07, 6.45) is -5.77. The van der Waals surface area contributed by atoms with Crippen LogP contribution < -0.4 is 0 Å². The van der Waals surface area contributed by atoms with Crippen molar-refractivity contribution >= 4 is 34.2 Å². The Balaban J connectivity index is 4.84. The molecule has 9 nitrogen and oxygen atoms in total. The fourth-order valence-electron chi connectivity index (χ4n) is 1.79. The zero-order valence-corrected chi connectivity index (χ0v) is 15.9. The first-order chi connectivity index (χ1) is 11.6. The van der Waals surface area contributed by atoms with Gasteiger partial charge in [0.25, 0.3) is 0 Å². The molecule has 5 unspecified atom stereocenters. The predicted octanol–water partition coefficient (Wildman–Crippen LogP) is -2.26. The molecule has 13 heteroatoms. The number of hydrogen-bond donors (Lipinski definition) is 5.